The van der Waals surface area contributed by atoms with Gasteiger partial charge in [0.05, 0.1) is 6.61 Å². The van der Waals surface area contributed by atoms with Gasteiger partial charge in [-0.25, -0.2) is 0 Å². The van der Waals surface area contributed by atoms with E-state index in [2.05, 4.69) is 19.2 Å². The van der Waals surface area contributed by atoms with Crippen molar-refractivity contribution in [3.05, 3.63) is 35.6 Å². The van der Waals surface area contributed by atoms with Crippen LogP contribution in [0.15, 0.2) is 28.7 Å². The highest BCUT2D eigenvalue weighted by Gasteiger charge is 2.12. The molecule has 0 saturated carbocycles. The fraction of sp³-hybridized carbons (Fsp3) is 0.357. The maximum absolute atomic E-state index is 11.7. The van der Waals surface area contributed by atoms with Crippen molar-refractivity contribution in [3.8, 4) is 0 Å². The number of hydrogen-bond donors (Lipinski definition) is 2. The number of carbonyl (C=O) groups excluding carboxylic acids is 1. The highest BCUT2D eigenvalue weighted by molar-refractivity contribution is 5.96. The lowest BCUT2D eigenvalue weighted by atomic mass is 10.0. The van der Waals surface area contributed by atoms with Gasteiger partial charge in [-0.15, -0.1) is 0 Å². The topological polar surface area (TPSA) is 62.5 Å². The van der Waals surface area contributed by atoms with Crippen molar-refractivity contribution in [1.29, 1.82) is 0 Å². The molecule has 4 nitrogen and oxygen atoms in total. The fourth-order valence-electron chi connectivity index (χ4n) is 1.79. The predicted molar refractivity (Wildman–Crippen MR) is 69.7 cm³/mol. The summed E-state index contributed by atoms with van der Waals surface area (Å²) in [6.45, 7) is 4.39. The van der Waals surface area contributed by atoms with Crippen LogP contribution >= 0.6 is 0 Å². The van der Waals surface area contributed by atoms with Crippen LogP contribution in [0.5, 0.6) is 0 Å². The zero-order valence-electron chi connectivity index (χ0n) is 10.6. The first-order valence-electron chi connectivity index (χ1n) is 6.04. The highest BCUT2D eigenvalue weighted by atomic mass is 16.3. The minimum atomic E-state index is -0.300. The normalized spacial score (nSPS) is 11.1. The van der Waals surface area contributed by atoms with Crippen LogP contribution in [-0.4, -0.2) is 24.2 Å². The minimum absolute atomic E-state index is 0.0799. The van der Waals surface area contributed by atoms with Gasteiger partial charge in [0, 0.05) is 11.9 Å². The number of carbonyl (C=O) groups is 1. The lowest BCUT2D eigenvalue weighted by molar-refractivity contribution is 0.0919. The van der Waals surface area contributed by atoms with Crippen molar-refractivity contribution in [1.82, 2.24) is 5.32 Å². The monoisotopic (exact) mass is 247 g/mol. The number of benzene rings is 1. The molecule has 1 heterocycles. The number of aliphatic hydroxyl groups is 1. The van der Waals surface area contributed by atoms with Crippen LogP contribution in [0.25, 0.3) is 11.0 Å². The number of hydrogen-bond acceptors (Lipinski definition) is 3. The smallest absolute Gasteiger partial charge is 0.287 e. The Morgan fingerprint density at radius 1 is 1.39 bits per heavy atom. The Labute approximate surface area is 106 Å². The summed E-state index contributed by atoms with van der Waals surface area (Å²) in [5, 5.41) is 12.1. The number of rotatable bonds is 4. The van der Waals surface area contributed by atoms with E-state index >= 15 is 0 Å². The summed E-state index contributed by atoms with van der Waals surface area (Å²) in [4.78, 5) is 11.7. The van der Waals surface area contributed by atoms with Gasteiger partial charge >= 0.3 is 0 Å². The SMILES string of the molecule is CC(C)c1ccc2oc(C(=O)NCCO)cc2c1. The van der Waals surface area contributed by atoms with Crippen molar-refractivity contribution in [3.63, 3.8) is 0 Å². The molecule has 0 aliphatic heterocycles. The number of furan rings is 1. The van der Waals surface area contributed by atoms with E-state index in [1.165, 1.54) is 5.56 Å². The van der Waals surface area contributed by atoms with Gasteiger partial charge in [0.2, 0.25) is 0 Å². The second-order valence-electron chi connectivity index (χ2n) is 4.54. The zero-order valence-corrected chi connectivity index (χ0v) is 10.6. The molecule has 0 atom stereocenters. The van der Waals surface area contributed by atoms with E-state index in [1.807, 2.05) is 18.2 Å². The van der Waals surface area contributed by atoms with E-state index in [-0.39, 0.29) is 24.8 Å². The Hall–Kier alpha value is -1.81. The molecule has 0 fully saturated rings. The third kappa shape index (κ3) is 2.54. The summed E-state index contributed by atoms with van der Waals surface area (Å²) in [6.07, 6.45) is 0. The fourth-order valence-corrected chi connectivity index (χ4v) is 1.79. The molecule has 0 radical (unpaired) electrons. The maximum Gasteiger partial charge on any atom is 0.287 e. The van der Waals surface area contributed by atoms with Gasteiger partial charge in [-0.3, -0.25) is 4.79 Å². The van der Waals surface area contributed by atoms with Crippen LogP contribution in [-0.2, 0) is 0 Å². The van der Waals surface area contributed by atoms with Gasteiger partial charge in [-0.05, 0) is 29.7 Å². The van der Waals surface area contributed by atoms with E-state index in [1.54, 1.807) is 6.07 Å². The van der Waals surface area contributed by atoms with Crippen LogP contribution in [0.2, 0.25) is 0 Å². The van der Waals surface area contributed by atoms with E-state index in [4.69, 9.17) is 9.52 Å². The van der Waals surface area contributed by atoms with E-state index in [0.717, 1.165) is 5.39 Å². The quantitative estimate of drug-likeness (QED) is 0.871. The summed E-state index contributed by atoms with van der Waals surface area (Å²) >= 11 is 0. The molecule has 96 valence electrons. The molecule has 0 unspecified atom stereocenters. The average molecular weight is 247 g/mol. The average Bonchev–Trinajstić information content (AvgIpc) is 2.78. The molecule has 1 aromatic carbocycles. The molecule has 0 saturated heterocycles. The molecule has 0 aliphatic carbocycles. The number of fused-ring (bicyclic) bond motifs is 1. The van der Waals surface area contributed by atoms with Gasteiger partial charge in [-0.1, -0.05) is 19.9 Å². The number of aliphatic hydroxyl groups excluding tert-OH is 1. The standard InChI is InChI=1S/C14H17NO3/c1-9(2)10-3-4-12-11(7-10)8-13(18-12)14(17)15-5-6-16/h3-4,7-9,16H,5-6H2,1-2H3,(H,15,17). The van der Waals surface area contributed by atoms with Crippen LogP contribution in [0.3, 0.4) is 0 Å². The Morgan fingerprint density at radius 2 is 2.17 bits per heavy atom. The van der Waals surface area contributed by atoms with Crippen molar-refractivity contribution in [2.75, 3.05) is 13.2 Å². The van der Waals surface area contributed by atoms with Gasteiger partial charge in [0.1, 0.15) is 5.58 Å². The first kappa shape index (κ1) is 12.6. The molecule has 0 aliphatic rings. The molecule has 1 amide bonds. The molecule has 2 aromatic rings. The molecule has 0 bridgehead atoms. The van der Waals surface area contributed by atoms with Gasteiger partial charge < -0.3 is 14.8 Å². The van der Waals surface area contributed by atoms with Gasteiger partial charge in [0.25, 0.3) is 5.91 Å². The van der Waals surface area contributed by atoms with Crippen LogP contribution in [0.4, 0.5) is 0 Å². The molecule has 18 heavy (non-hydrogen) atoms. The van der Waals surface area contributed by atoms with Crippen LogP contribution < -0.4 is 5.32 Å². The lowest BCUT2D eigenvalue weighted by Gasteiger charge is -2.03. The molecule has 2 N–H and O–H groups in total. The van der Waals surface area contributed by atoms with Gasteiger partial charge in [-0.2, -0.15) is 0 Å². The Bertz CT molecular complexity index is 557. The third-order valence-electron chi connectivity index (χ3n) is 2.83. The predicted octanol–water partition coefficient (Wildman–Crippen LogP) is 2.28. The molecular weight excluding hydrogens is 230 g/mol. The largest absolute Gasteiger partial charge is 0.451 e. The summed E-state index contributed by atoms with van der Waals surface area (Å²) in [5.41, 5.74) is 1.92. The maximum atomic E-state index is 11.7. The Balaban J connectivity index is 2.29. The molecule has 1 aromatic heterocycles. The van der Waals surface area contributed by atoms with Crippen LogP contribution in [0, 0.1) is 0 Å². The number of nitrogens with one attached hydrogen (secondary N) is 1. The summed E-state index contributed by atoms with van der Waals surface area (Å²) in [7, 11) is 0. The van der Waals surface area contributed by atoms with Crippen molar-refractivity contribution >= 4 is 16.9 Å². The molecule has 4 heteroatoms. The van der Waals surface area contributed by atoms with Crippen LogP contribution in [0.1, 0.15) is 35.9 Å². The Morgan fingerprint density at radius 3 is 2.83 bits per heavy atom. The number of amides is 1. The van der Waals surface area contributed by atoms with Crippen molar-refractivity contribution < 1.29 is 14.3 Å². The summed E-state index contributed by atoms with van der Waals surface area (Å²) in [6, 6.07) is 7.65. The summed E-state index contributed by atoms with van der Waals surface area (Å²) < 4.78 is 5.47. The highest BCUT2D eigenvalue weighted by Crippen LogP contribution is 2.24. The molecule has 2 rings (SSSR count). The lowest BCUT2D eigenvalue weighted by Crippen LogP contribution is -2.25. The van der Waals surface area contributed by atoms with Crippen molar-refractivity contribution in [2.45, 2.75) is 19.8 Å². The second-order valence-corrected chi connectivity index (χ2v) is 4.54. The minimum Gasteiger partial charge on any atom is -0.451 e. The van der Waals surface area contributed by atoms with Gasteiger partial charge in [0.15, 0.2) is 5.76 Å². The van der Waals surface area contributed by atoms with E-state index in [0.29, 0.717) is 11.5 Å². The first-order chi connectivity index (χ1) is 8.61. The molecular formula is C14H17NO3. The Kier molecular flexibility index (Phi) is 3.67. The second kappa shape index (κ2) is 5.23. The summed E-state index contributed by atoms with van der Waals surface area (Å²) in [5.74, 6) is 0.418. The third-order valence-corrected chi connectivity index (χ3v) is 2.83. The molecule has 0 spiro atoms. The zero-order chi connectivity index (χ0) is 13.1. The van der Waals surface area contributed by atoms with Crippen molar-refractivity contribution in [2.24, 2.45) is 0 Å². The van der Waals surface area contributed by atoms with E-state index < -0.39 is 0 Å². The van der Waals surface area contributed by atoms with E-state index in [9.17, 15) is 4.79 Å². The first-order valence-corrected chi connectivity index (χ1v) is 6.04.